The second-order valence-corrected chi connectivity index (χ2v) is 5.26. The molecule has 0 spiro atoms. The van der Waals surface area contributed by atoms with Crippen LogP contribution in [0.15, 0.2) is 36.4 Å². The smallest absolute Gasteiger partial charge is 0.127 e. The van der Waals surface area contributed by atoms with Gasteiger partial charge in [-0.2, -0.15) is 0 Å². The van der Waals surface area contributed by atoms with E-state index in [1.54, 1.807) is 0 Å². The van der Waals surface area contributed by atoms with Gasteiger partial charge in [-0.15, -0.1) is 0 Å². The average molecular weight is 275 g/mol. The molecule has 0 aliphatic heterocycles. The maximum absolute atomic E-state index is 13.5. The lowest BCUT2D eigenvalue weighted by Gasteiger charge is -2.16. The first-order valence-corrected chi connectivity index (χ1v) is 6.71. The van der Waals surface area contributed by atoms with Gasteiger partial charge in [0.15, 0.2) is 0 Å². The van der Waals surface area contributed by atoms with Gasteiger partial charge in [-0.05, 0) is 44.5 Å². The minimum Gasteiger partial charge on any atom is -0.306 e. The van der Waals surface area contributed by atoms with Crippen LogP contribution in [0.2, 0.25) is 0 Å². The molecule has 0 radical (unpaired) electrons. The zero-order valence-corrected chi connectivity index (χ0v) is 12.0. The zero-order valence-electron chi connectivity index (χ0n) is 12.0. The molecule has 1 nitrogen and oxygen atoms in total. The third-order valence-electron chi connectivity index (χ3n) is 3.35. The maximum atomic E-state index is 13.5. The summed E-state index contributed by atoms with van der Waals surface area (Å²) in [5, 5.41) is 3.23. The number of hydrogen-bond donors (Lipinski definition) is 1. The van der Waals surface area contributed by atoms with Crippen molar-refractivity contribution in [2.24, 2.45) is 0 Å². The summed E-state index contributed by atoms with van der Waals surface area (Å²) in [5.41, 5.74) is 3.90. The van der Waals surface area contributed by atoms with Gasteiger partial charge in [0.2, 0.25) is 0 Å². The Bertz CT molecular complexity index is 588. The van der Waals surface area contributed by atoms with Crippen LogP contribution in [-0.4, -0.2) is 0 Å². The van der Waals surface area contributed by atoms with Gasteiger partial charge in [-0.25, -0.2) is 8.78 Å². The maximum Gasteiger partial charge on any atom is 0.127 e. The van der Waals surface area contributed by atoms with E-state index in [0.717, 1.165) is 17.7 Å². The Kier molecular flexibility index (Phi) is 4.50. The predicted molar refractivity (Wildman–Crippen MR) is 77.5 cm³/mol. The highest BCUT2D eigenvalue weighted by atomic mass is 19.1. The molecule has 2 aromatic carbocycles. The predicted octanol–water partition coefficient (Wildman–Crippen LogP) is 4.43. The summed E-state index contributed by atoms with van der Waals surface area (Å²) in [6.07, 6.45) is 0. The molecule has 2 aromatic rings. The third-order valence-corrected chi connectivity index (χ3v) is 3.35. The molecule has 0 aromatic heterocycles. The summed E-state index contributed by atoms with van der Waals surface area (Å²) in [4.78, 5) is 0. The number of aryl methyl sites for hydroxylation is 2. The molecule has 0 aliphatic rings. The summed E-state index contributed by atoms with van der Waals surface area (Å²) in [5.74, 6) is -0.797. The van der Waals surface area contributed by atoms with Crippen LogP contribution in [-0.2, 0) is 6.54 Å². The van der Waals surface area contributed by atoms with Crippen LogP contribution in [0.3, 0.4) is 0 Å². The van der Waals surface area contributed by atoms with Gasteiger partial charge in [-0.1, -0.05) is 29.3 Å². The topological polar surface area (TPSA) is 12.0 Å². The fourth-order valence-corrected chi connectivity index (χ4v) is 2.32. The van der Waals surface area contributed by atoms with Crippen molar-refractivity contribution in [1.82, 2.24) is 5.32 Å². The minimum atomic E-state index is -0.415. The quantitative estimate of drug-likeness (QED) is 0.870. The fraction of sp³-hybridized carbons (Fsp3) is 0.294. The summed E-state index contributed by atoms with van der Waals surface area (Å²) in [6, 6.07) is 9.93. The van der Waals surface area contributed by atoms with Crippen LogP contribution in [0.4, 0.5) is 8.78 Å². The normalized spacial score (nSPS) is 12.4. The van der Waals surface area contributed by atoms with Crippen molar-refractivity contribution in [2.45, 2.75) is 33.4 Å². The van der Waals surface area contributed by atoms with E-state index in [2.05, 4.69) is 37.4 Å². The van der Waals surface area contributed by atoms with Crippen molar-refractivity contribution < 1.29 is 8.78 Å². The first-order valence-electron chi connectivity index (χ1n) is 6.71. The second kappa shape index (κ2) is 6.14. The Morgan fingerprint density at radius 1 is 1.00 bits per heavy atom. The van der Waals surface area contributed by atoms with E-state index in [1.807, 2.05) is 6.92 Å². The standard InChI is InChI=1S/C17H19F2N/c1-11-6-12(2)8-14(7-11)13(3)20-10-15-9-16(18)4-5-17(15)19/h4-9,13,20H,10H2,1-3H3. The highest BCUT2D eigenvalue weighted by molar-refractivity contribution is 5.30. The number of hydrogen-bond acceptors (Lipinski definition) is 1. The minimum absolute atomic E-state index is 0.0799. The SMILES string of the molecule is Cc1cc(C)cc(C(C)NCc2cc(F)ccc2F)c1. The highest BCUT2D eigenvalue weighted by Gasteiger charge is 2.09. The van der Waals surface area contributed by atoms with Crippen molar-refractivity contribution in [2.75, 3.05) is 0 Å². The van der Waals surface area contributed by atoms with Crippen molar-refractivity contribution in [1.29, 1.82) is 0 Å². The number of rotatable bonds is 4. The molecule has 1 unspecified atom stereocenters. The van der Waals surface area contributed by atoms with Crippen molar-refractivity contribution in [3.8, 4) is 0 Å². The lowest BCUT2D eigenvalue weighted by atomic mass is 10.0. The summed E-state index contributed by atoms with van der Waals surface area (Å²) >= 11 is 0. The second-order valence-electron chi connectivity index (χ2n) is 5.26. The molecule has 1 atom stereocenters. The summed E-state index contributed by atoms with van der Waals surface area (Å²) in [7, 11) is 0. The van der Waals surface area contributed by atoms with Crippen LogP contribution in [0.1, 0.15) is 35.2 Å². The molecule has 2 rings (SSSR count). The van der Waals surface area contributed by atoms with E-state index in [1.165, 1.54) is 17.2 Å². The lowest BCUT2D eigenvalue weighted by molar-refractivity contribution is 0.535. The zero-order chi connectivity index (χ0) is 14.7. The van der Waals surface area contributed by atoms with E-state index in [0.29, 0.717) is 12.1 Å². The first kappa shape index (κ1) is 14.7. The van der Waals surface area contributed by atoms with Crippen LogP contribution in [0.25, 0.3) is 0 Å². The van der Waals surface area contributed by atoms with Crippen LogP contribution >= 0.6 is 0 Å². The molecule has 0 amide bonds. The molecule has 0 saturated heterocycles. The molecule has 1 N–H and O–H groups in total. The molecular formula is C17H19F2N. The first-order chi connectivity index (χ1) is 9.45. The number of halogens is 2. The van der Waals surface area contributed by atoms with E-state index in [9.17, 15) is 8.78 Å². The Morgan fingerprint density at radius 2 is 1.65 bits per heavy atom. The summed E-state index contributed by atoms with van der Waals surface area (Å²) < 4.78 is 26.7. The van der Waals surface area contributed by atoms with Crippen molar-refractivity contribution >= 4 is 0 Å². The van der Waals surface area contributed by atoms with Crippen molar-refractivity contribution in [3.63, 3.8) is 0 Å². The largest absolute Gasteiger partial charge is 0.306 e. The Labute approximate surface area is 118 Å². The van der Waals surface area contributed by atoms with Gasteiger partial charge < -0.3 is 5.32 Å². The van der Waals surface area contributed by atoms with Crippen molar-refractivity contribution in [3.05, 3.63) is 70.3 Å². The van der Waals surface area contributed by atoms with Gasteiger partial charge in [-0.3, -0.25) is 0 Å². The van der Waals surface area contributed by atoms with E-state index in [-0.39, 0.29) is 11.9 Å². The van der Waals surface area contributed by atoms with Crippen LogP contribution < -0.4 is 5.32 Å². The van der Waals surface area contributed by atoms with Crippen LogP contribution in [0.5, 0.6) is 0 Å². The number of nitrogens with one attached hydrogen (secondary N) is 1. The molecule has 0 aliphatic carbocycles. The monoisotopic (exact) mass is 275 g/mol. The van der Waals surface area contributed by atoms with Gasteiger partial charge in [0.1, 0.15) is 11.6 Å². The molecule has 3 heteroatoms. The molecule has 0 heterocycles. The third kappa shape index (κ3) is 3.64. The Balaban J connectivity index is 2.08. The van der Waals surface area contributed by atoms with E-state index in [4.69, 9.17) is 0 Å². The molecule has 20 heavy (non-hydrogen) atoms. The lowest BCUT2D eigenvalue weighted by Crippen LogP contribution is -2.19. The molecule has 106 valence electrons. The van der Waals surface area contributed by atoms with Gasteiger partial charge in [0, 0.05) is 18.2 Å². The molecule has 0 saturated carbocycles. The van der Waals surface area contributed by atoms with E-state index >= 15 is 0 Å². The highest BCUT2D eigenvalue weighted by Crippen LogP contribution is 2.18. The van der Waals surface area contributed by atoms with Gasteiger partial charge in [0.05, 0.1) is 0 Å². The Hall–Kier alpha value is -1.74. The molecule has 0 fully saturated rings. The van der Waals surface area contributed by atoms with E-state index < -0.39 is 5.82 Å². The summed E-state index contributed by atoms with van der Waals surface area (Å²) in [6.45, 7) is 6.42. The molecule has 0 bridgehead atoms. The fourth-order valence-electron chi connectivity index (χ4n) is 2.32. The average Bonchev–Trinajstić information content (AvgIpc) is 2.38. The van der Waals surface area contributed by atoms with Gasteiger partial charge >= 0.3 is 0 Å². The van der Waals surface area contributed by atoms with Gasteiger partial charge in [0.25, 0.3) is 0 Å². The number of benzene rings is 2. The molecular weight excluding hydrogens is 256 g/mol. The Morgan fingerprint density at radius 3 is 2.30 bits per heavy atom. The van der Waals surface area contributed by atoms with Crippen LogP contribution in [0, 0.1) is 25.5 Å².